The van der Waals surface area contributed by atoms with E-state index in [1.54, 1.807) is 0 Å². The average Bonchev–Trinajstić information content (AvgIpc) is 2.68. The number of esters is 1. The molecule has 2 rings (SSSR count). The van der Waals surface area contributed by atoms with Crippen LogP contribution in [0.5, 0.6) is 0 Å². The van der Waals surface area contributed by atoms with Crippen LogP contribution in [0.2, 0.25) is 0 Å². The van der Waals surface area contributed by atoms with Gasteiger partial charge in [0.2, 0.25) is 0 Å². The SMILES string of the molecule is C=CC(=O)OC1CCC(C2NCC(CCCCCCCCC)CN2)CC1. The van der Waals surface area contributed by atoms with Crippen molar-refractivity contribution in [2.75, 3.05) is 13.1 Å². The van der Waals surface area contributed by atoms with E-state index < -0.39 is 0 Å². The molecule has 1 saturated heterocycles. The highest BCUT2D eigenvalue weighted by atomic mass is 16.5. The van der Waals surface area contributed by atoms with Crippen LogP contribution in [-0.2, 0) is 9.53 Å². The van der Waals surface area contributed by atoms with E-state index in [0.717, 1.165) is 44.7 Å². The Morgan fingerprint density at radius 3 is 2.23 bits per heavy atom. The largest absolute Gasteiger partial charge is 0.459 e. The van der Waals surface area contributed by atoms with Gasteiger partial charge in [-0.1, -0.05) is 58.4 Å². The van der Waals surface area contributed by atoms with Crippen LogP contribution < -0.4 is 10.6 Å². The highest BCUT2D eigenvalue weighted by Gasteiger charge is 2.31. The molecular weight excluding hydrogens is 324 g/mol. The summed E-state index contributed by atoms with van der Waals surface area (Å²) in [6, 6.07) is 0. The second kappa shape index (κ2) is 12.5. The van der Waals surface area contributed by atoms with Gasteiger partial charge in [-0.25, -0.2) is 4.79 Å². The van der Waals surface area contributed by atoms with Crippen LogP contribution in [0.15, 0.2) is 12.7 Å². The molecule has 1 saturated carbocycles. The van der Waals surface area contributed by atoms with Crippen molar-refractivity contribution in [3.63, 3.8) is 0 Å². The van der Waals surface area contributed by atoms with Crippen molar-refractivity contribution in [3.05, 3.63) is 12.7 Å². The van der Waals surface area contributed by atoms with Crippen LogP contribution in [0.4, 0.5) is 0 Å². The predicted molar refractivity (Wildman–Crippen MR) is 108 cm³/mol. The number of rotatable bonds is 11. The van der Waals surface area contributed by atoms with Crippen LogP contribution >= 0.6 is 0 Å². The predicted octanol–water partition coefficient (Wildman–Crippen LogP) is 4.55. The van der Waals surface area contributed by atoms with Gasteiger partial charge in [-0.3, -0.25) is 0 Å². The lowest BCUT2D eigenvalue weighted by Crippen LogP contribution is -2.56. The molecule has 0 aromatic rings. The van der Waals surface area contributed by atoms with Gasteiger partial charge in [0, 0.05) is 19.2 Å². The lowest BCUT2D eigenvalue weighted by atomic mass is 9.84. The summed E-state index contributed by atoms with van der Waals surface area (Å²) in [5.74, 6) is 1.16. The summed E-state index contributed by atoms with van der Waals surface area (Å²) in [6.07, 6.45) is 17.1. The fraction of sp³-hybridized carbons (Fsp3) is 0.864. The molecule has 0 radical (unpaired) electrons. The van der Waals surface area contributed by atoms with Crippen molar-refractivity contribution >= 4 is 5.97 Å². The zero-order valence-corrected chi connectivity index (χ0v) is 16.8. The van der Waals surface area contributed by atoms with E-state index in [-0.39, 0.29) is 12.1 Å². The first kappa shape index (κ1) is 21.4. The number of nitrogens with one attached hydrogen (secondary N) is 2. The van der Waals surface area contributed by atoms with E-state index in [1.807, 2.05) is 0 Å². The molecule has 1 aliphatic heterocycles. The molecule has 0 aromatic heterocycles. The number of carbonyl (C=O) groups excluding carboxylic acids is 1. The fourth-order valence-corrected chi connectivity index (χ4v) is 4.41. The third-order valence-electron chi connectivity index (χ3n) is 6.11. The van der Waals surface area contributed by atoms with E-state index in [9.17, 15) is 4.79 Å². The van der Waals surface area contributed by atoms with Gasteiger partial charge in [0.05, 0.1) is 6.17 Å². The Hall–Kier alpha value is -0.870. The van der Waals surface area contributed by atoms with Gasteiger partial charge in [0.1, 0.15) is 6.10 Å². The molecule has 0 bridgehead atoms. The van der Waals surface area contributed by atoms with E-state index in [0.29, 0.717) is 12.1 Å². The summed E-state index contributed by atoms with van der Waals surface area (Å²) in [7, 11) is 0. The Labute approximate surface area is 160 Å². The third-order valence-corrected chi connectivity index (χ3v) is 6.11. The Kier molecular flexibility index (Phi) is 10.3. The Morgan fingerprint density at radius 1 is 1.00 bits per heavy atom. The van der Waals surface area contributed by atoms with Crippen molar-refractivity contribution in [1.29, 1.82) is 0 Å². The van der Waals surface area contributed by atoms with E-state index in [1.165, 1.54) is 57.4 Å². The molecule has 4 heteroatoms. The summed E-state index contributed by atoms with van der Waals surface area (Å²) in [4.78, 5) is 11.3. The first-order valence-electron chi connectivity index (χ1n) is 11.0. The minimum absolute atomic E-state index is 0.0883. The van der Waals surface area contributed by atoms with Crippen molar-refractivity contribution < 1.29 is 9.53 Å². The van der Waals surface area contributed by atoms with Crippen molar-refractivity contribution in [2.24, 2.45) is 11.8 Å². The third kappa shape index (κ3) is 7.79. The summed E-state index contributed by atoms with van der Waals surface area (Å²) < 4.78 is 5.38. The Bertz CT molecular complexity index is 397. The van der Waals surface area contributed by atoms with Crippen molar-refractivity contribution in [3.8, 4) is 0 Å². The standard InChI is InChI=1S/C22H40N2O2/c1-3-5-6-7-8-9-10-11-18-16-23-22(24-17-18)19-12-14-20(15-13-19)26-21(25)4-2/h4,18-20,22-24H,2-3,5-17H2,1H3. The van der Waals surface area contributed by atoms with Crippen LogP contribution in [0, 0.1) is 11.8 Å². The van der Waals surface area contributed by atoms with Crippen LogP contribution in [0.3, 0.4) is 0 Å². The normalized spacial score (nSPS) is 29.3. The molecule has 0 spiro atoms. The number of ether oxygens (including phenoxy) is 1. The van der Waals surface area contributed by atoms with Gasteiger partial charge in [-0.05, 0) is 43.9 Å². The minimum Gasteiger partial charge on any atom is -0.459 e. The molecule has 0 atom stereocenters. The highest BCUT2D eigenvalue weighted by Crippen LogP contribution is 2.29. The van der Waals surface area contributed by atoms with Gasteiger partial charge in [0.15, 0.2) is 0 Å². The maximum absolute atomic E-state index is 11.3. The second-order valence-corrected chi connectivity index (χ2v) is 8.25. The fourth-order valence-electron chi connectivity index (χ4n) is 4.41. The van der Waals surface area contributed by atoms with Crippen molar-refractivity contribution in [2.45, 2.75) is 96.2 Å². The van der Waals surface area contributed by atoms with E-state index >= 15 is 0 Å². The van der Waals surface area contributed by atoms with E-state index in [4.69, 9.17) is 4.74 Å². The second-order valence-electron chi connectivity index (χ2n) is 8.25. The molecule has 150 valence electrons. The van der Waals surface area contributed by atoms with Crippen LogP contribution in [0.1, 0.15) is 84.0 Å². The number of hydrogen-bond acceptors (Lipinski definition) is 4. The van der Waals surface area contributed by atoms with Gasteiger partial charge in [-0.2, -0.15) is 0 Å². The average molecular weight is 365 g/mol. The zero-order chi connectivity index (χ0) is 18.6. The molecule has 26 heavy (non-hydrogen) atoms. The van der Waals surface area contributed by atoms with Gasteiger partial charge in [0.25, 0.3) is 0 Å². The molecule has 1 aliphatic carbocycles. The monoisotopic (exact) mass is 364 g/mol. The lowest BCUT2D eigenvalue weighted by Gasteiger charge is -2.39. The molecule has 0 amide bonds. The van der Waals surface area contributed by atoms with Gasteiger partial charge in [-0.15, -0.1) is 0 Å². The van der Waals surface area contributed by atoms with Gasteiger partial charge < -0.3 is 15.4 Å². The van der Waals surface area contributed by atoms with Crippen LogP contribution in [0.25, 0.3) is 0 Å². The van der Waals surface area contributed by atoms with Crippen molar-refractivity contribution in [1.82, 2.24) is 10.6 Å². The first-order valence-corrected chi connectivity index (χ1v) is 11.0. The zero-order valence-electron chi connectivity index (χ0n) is 16.8. The summed E-state index contributed by atoms with van der Waals surface area (Å²) in [6.45, 7) is 8.05. The molecule has 0 unspecified atom stereocenters. The smallest absolute Gasteiger partial charge is 0.330 e. The maximum Gasteiger partial charge on any atom is 0.330 e. The lowest BCUT2D eigenvalue weighted by molar-refractivity contribution is -0.145. The number of hydrogen-bond donors (Lipinski definition) is 2. The number of carbonyl (C=O) groups is 1. The quantitative estimate of drug-likeness (QED) is 0.321. The molecule has 2 aliphatic rings. The highest BCUT2D eigenvalue weighted by molar-refractivity contribution is 5.81. The summed E-state index contributed by atoms with van der Waals surface area (Å²) >= 11 is 0. The molecular formula is C22H40N2O2. The first-order chi connectivity index (χ1) is 12.7. The molecule has 1 heterocycles. The molecule has 0 aromatic carbocycles. The minimum atomic E-state index is -0.282. The topological polar surface area (TPSA) is 50.4 Å². The van der Waals surface area contributed by atoms with E-state index in [2.05, 4.69) is 24.1 Å². The molecule has 4 nitrogen and oxygen atoms in total. The van der Waals surface area contributed by atoms with Crippen LogP contribution in [-0.4, -0.2) is 31.3 Å². The summed E-state index contributed by atoms with van der Waals surface area (Å²) in [5, 5.41) is 7.48. The Balaban J connectivity index is 1.52. The molecule has 2 fully saturated rings. The maximum atomic E-state index is 11.3. The summed E-state index contributed by atoms with van der Waals surface area (Å²) in [5.41, 5.74) is 0. The molecule has 2 N–H and O–H groups in total. The Morgan fingerprint density at radius 2 is 1.62 bits per heavy atom. The number of unbranched alkanes of at least 4 members (excludes halogenated alkanes) is 6. The van der Waals surface area contributed by atoms with Gasteiger partial charge >= 0.3 is 5.97 Å².